The van der Waals surface area contributed by atoms with E-state index in [1.54, 1.807) is 6.07 Å². The molecule has 15 heavy (non-hydrogen) atoms. The fourth-order valence-electron chi connectivity index (χ4n) is 0.953. The molecule has 0 aromatic carbocycles. The van der Waals surface area contributed by atoms with Crippen LogP contribution in [0, 0.1) is 11.3 Å². The van der Waals surface area contributed by atoms with Crippen molar-refractivity contribution in [3.05, 3.63) is 23.5 Å². The number of halogens is 3. The number of hydrogen-bond donors (Lipinski definition) is 1. The Kier molecular flexibility index (Phi) is 3.11. The van der Waals surface area contributed by atoms with Crippen molar-refractivity contribution in [2.24, 2.45) is 5.73 Å². The Balaban J connectivity index is 3.18. The molecule has 1 heterocycles. The van der Waals surface area contributed by atoms with Gasteiger partial charge in [-0.1, -0.05) is 0 Å². The quantitative estimate of drug-likeness (QED) is 0.810. The van der Waals surface area contributed by atoms with E-state index in [1.165, 1.54) is 0 Å². The zero-order valence-corrected chi connectivity index (χ0v) is 7.38. The Hall–Kier alpha value is -1.81. The van der Waals surface area contributed by atoms with Crippen LogP contribution in [0.4, 0.5) is 13.2 Å². The molecule has 0 amide bonds. The monoisotopic (exact) mass is 217 g/mol. The van der Waals surface area contributed by atoms with E-state index in [4.69, 9.17) is 11.0 Å². The lowest BCUT2D eigenvalue weighted by atomic mass is 10.2. The summed E-state index contributed by atoms with van der Waals surface area (Å²) in [6, 6.07) is 1.55. The number of pyridine rings is 1. The summed E-state index contributed by atoms with van der Waals surface area (Å²) < 4.78 is 39.6. The maximum absolute atomic E-state index is 12.0. The van der Waals surface area contributed by atoms with Gasteiger partial charge in [0.15, 0.2) is 5.75 Å². The number of rotatable bonds is 2. The van der Waals surface area contributed by atoms with Crippen LogP contribution in [0.1, 0.15) is 11.1 Å². The van der Waals surface area contributed by atoms with E-state index in [2.05, 4.69) is 9.72 Å². The molecule has 2 N–H and O–H groups in total. The predicted octanol–water partition coefficient (Wildman–Crippen LogP) is 1.31. The highest BCUT2D eigenvalue weighted by Gasteiger charge is 2.33. The molecule has 80 valence electrons. The van der Waals surface area contributed by atoms with Gasteiger partial charge in [0.05, 0.1) is 0 Å². The molecule has 0 spiro atoms. The molecule has 1 rings (SSSR count). The summed E-state index contributed by atoms with van der Waals surface area (Å²) in [7, 11) is 0. The first-order valence-corrected chi connectivity index (χ1v) is 3.80. The molecule has 0 aliphatic heterocycles. The zero-order valence-electron chi connectivity index (χ0n) is 7.38. The number of ether oxygens (including phenoxy) is 1. The molecule has 0 fully saturated rings. The molecular weight excluding hydrogens is 211 g/mol. The van der Waals surface area contributed by atoms with Crippen molar-refractivity contribution in [1.82, 2.24) is 4.98 Å². The van der Waals surface area contributed by atoms with Gasteiger partial charge in [-0.2, -0.15) is 5.26 Å². The summed E-state index contributed by atoms with van der Waals surface area (Å²) in [6.45, 7) is -0.187. The zero-order chi connectivity index (χ0) is 11.5. The first-order valence-electron chi connectivity index (χ1n) is 3.80. The van der Waals surface area contributed by atoms with Crippen molar-refractivity contribution in [2.75, 3.05) is 0 Å². The van der Waals surface area contributed by atoms with E-state index >= 15 is 0 Å². The molecule has 0 radical (unpaired) electrons. The number of alkyl halides is 3. The maximum atomic E-state index is 12.0. The van der Waals surface area contributed by atoms with E-state index < -0.39 is 12.1 Å². The van der Waals surface area contributed by atoms with E-state index in [-0.39, 0.29) is 17.7 Å². The van der Waals surface area contributed by atoms with Gasteiger partial charge in [-0.15, -0.1) is 13.2 Å². The van der Waals surface area contributed by atoms with E-state index in [1.807, 2.05) is 0 Å². The highest BCUT2D eigenvalue weighted by molar-refractivity contribution is 5.46. The maximum Gasteiger partial charge on any atom is 0.573 e. The van der Waals surface area contributed by atoms with Crippen molar-refractivity contribution < 1.29 is 17.9 Å². The number of nitriles is 1. The van der Waals surface area contributed by atoms with Gasteiger partial charge in [-0.05, 0) is 0 Å². The van der Waals surface area contributed by atoms with Crippen LogP contribution in [0.25, 0.3) is 0 Å². The normalized spacial score (nSPS) is 10.9. The summed E-state index contributed by atoms with van der Waals surface area (Å²) in [6.07, 6.45) is -2.74. The van der Waals surface area contributed by atoms with Gasteiger partial charge in [-0.3, -0.25) is 4.98 Å². The number of nitrogens with zero attached hydrogens (tertiary/aromatic N) is 2. The highest BCUT2D eigenvalue weighted by Crippen LogP contribution is 2.28. The van der Waals surface area contributed by atoms with Crippen LogP contribution >= 0.6 is 0 Å². The van der Waals surface area contributed by atoms with Gasteiger partial charge >= 0.3 is 6.36 Å². The van der Waals surface area contributed by atoms with Gasteiger partial charge in [0.1, 0.15) is 11.6 Å². The third-order valence-electron chi connectivity index (χ3n) is 1.53. The second kappa shape index (κ2) is 4.14. The molecule has 7 heteroatoms. The summed E-state index contributed by atoms with van der Waals surface area (Å²) in [5, 5.41) is 8.56. The van der Waals surface area contributed by atoms with Crippen LogP contribution in [0.15, 0.2) is 12.4 Å². The van der Waals surface area contributed by atoms with Crippen LogP contribution in [0.2, 0.25) is 0 Å². The van der Waals surface area contributed by atoms with Gasteiger partial charge in [0.25, 0.3) is 0 Å². The lowest BCUT2D eigenvalue weighted by molar-refractivity contribution is -0.275. The number of nitrogens with two attached hydrogens (primary N) is 1. The van der Waals surface area contributed by atoms with Crippen LogP contribution in [0.5, 0.6) is 5.75 Å². The first kappa shape index (κ1) is 11.3. The van der Waals surface area contributed by atoms with Crippen molar-refractivity contribution in [3.8, 4) is 11.8 Å². The topological polar surface area (TPSA) is 71.9 Å². The fourth-order valence-corrected chi connectivity index (χ4v) is 0.953. The minimum Gasteiger partial charge on any atom is -0.404 e. The minimum atomic E-state index is -4.85. The summed E-state index contributed by atoms with van der Waals surface area (Å²) >= 11 is 0. The van der Waals surface area contributed by atoms with Crippen LogP contribution < -0.4 is 10.5 Å². The Morgan fingerprint density at radius 2 is 2.13 bits per heavy atom. The molecule has 0 saturated heterocycles. The Labute approximate surface area is 83.1 Å². The molecule has 0 aliphatic rings. The van der Waals surface area contributed by atoms with Crippen molar-refractivity contribution >= 4 is 0 Å². The fraction of sp³-hybridized carbons (Fsp3) is 0.250. The van der Waals surface area contributed by atoms with E-state index in [0.717, 1.165) is 12.4 Å². The third kappa shape index (κ3) is 2.82. The standard InChI is InChI=1S/C8H6F3N3O/c9-8(10,11)15-7-5(1-12)3-14-4-6(7)2-13/h3-4H,1,12H2. The van der Waals surface area contributed by atoms with Crippen LogP contribution in [0.3, 0.4) is 0 Å². The highest BCUT2D eigenvalue weighted by atomic mass is 19.4. The molecule has 0 bridgehead atoms. The molecule has 1 aromatic heterocycles. The lowest BCUT2D eigenvalue weighted by Gasteiger charge is -2.12. The molecular formula is C8H6F3N3O. The average molecular weight is 217 g/mol. The molecule has 0 atom stereocenters. The van der Waals surface area contributed by atoms with Crippen molar-refractivity contribution in [1.29, 1.82) is 5.26 Å². The summed E-state index contributed by atoms with van der Waals surface area (Å²) in [4.78, 5) is 3.57. The number of hydrogen-bond acceptors (Lipinski definition) is 4. The van der Waals surface area contributed by atoms with E-state index in [9.17, 15) is 13.2 Å². The molecule has 0 unspecified atom stereocenters. The van der Waals surface area contributed by atoms with E-state index in [0.29, 0.717) is 0 Å². The van der Waals surface area contributed by atoms with Gasteiger partial charge in [-0.25, -0.2) is 0 Å². The second-order valence-corrected chi connectivity index (χ2v) is 2.54. The first-order chi connectivity index (χ1) is 6.98. The molecule has 0 saturated carbocycles. The SMILES string of the molecule is N#Cc1cncc(CN)c1OC(F)(F)F. The molecule has 0 aliphatic carbocycles. The predicted molar refractivity (Wildman–Crippen MR) is 43.5 cm³/mol. The van der Waals surface area contributed by atoms with Crippen LogP contribution in [-0.4, -0.2) is 11.3 Å². The van der Waals surface area contributed by atoms with Crippen molar-refractivity contribution in [2.45, 2.75) is 12.9 Å². The summed E-state index contributed by atoms with van der Waals surface area (Å²) in [5.41, 5.74) is 4.93. The second-order valence-electron chi connectivity index (χ2n) is 2.54. The Bertz CT molecular complexity index is 397. The average Bonchev–Trinajstić information content (AvgIpc) is 2.16. The number of aromatic nitrogens is 1. The Morgan fingerprint density at radius 1 is 1.47 bits per heavy atom. The van der Waals surface area contributed by atoms with Crippen molar-refractivity contribution in [3.63, 3.8) is 0 Å². The summed E-state index contributed by atoms with van der Waals surface area (Å²) in [5.74, 6) is -0.581. The van der Waals surface area contributed by atoms with Gasteiger partial charge in [0, 0.05) is 24.5 Å². The van der Waals surface area contributed by atoms with Gasteiger partial charge in [0.2, 0.25) is 0 Å². The lowest BCUT2D eigenvalue weighted by Crippen LogP contribution is -2.19. The Morgan fingerprint density at radius 3 is 2.60 bits per heavy atom. The minimum absolute atomic E-state index is 0.0337. The smallest absolute Gasteiger partial charge is 0.404 e. The van der Waals surface area contributed by atoms with Crippen LogP contribution in [-0.2, 0) is 6.54 Å². The largest absolute Gasteiger partial charge is 0.573 e. The third-order valence-corrected chi connectivity index (χ3v) is 1.53. The van der Waals surface area contributed by atoms with Gasteiger partial charge < -0.3 is 10.5 Å². The molecule has 1 aromatic rings. The molecule has 4 nitrogen and oxygen atoms in total.